The molecule has 20 heavy (non-hydrogen) atoms. The third-order valence-corrected chi connectivity index (χ3v) is 3.79. The van der Waals surface area contributed by atoms with Crippen molar-refractivity contribution in [3.8, 4) is 0 Å². The van der Waals surface area contributed by atoms with Gasteiger partial charge in [-0.3, -0.25) is 4.68 Å². The van der Waals surface area contributed by atoms with Crippen LogP contribution >= 0.6 is 0 Å². The fourth-order valence-electron chi connectivity index (χ4n) is 2.85. The van der Waals surface area contributed by atoms with Crippen LogP contribution in [0.3, 0.4) is 0 Å². The largest absolute Gasteiger partial charge is 0.462 e. The highest BCUT2D eigenvalue weighted by molar-refractivity contribution is 5.92. The minimum Gasteiger partial charge on any atom is -0.462 e. The summed E-state index contributed by atoms with van der Waals surface area (Å²) in [4.78, 5) is 14.4. The summed E-state index contributed by atoms with van der Waals surface area (Å²) in [6, 6.07) is -0.00231. The number of fused-ring (bicyclic) bond motifs is 1. The van der Waals surface area contributed by atoms with E-state index in [4.69, 9.17) is 4.74 Å². The van der Waals surface area contributed by atoms with Crippen LogP contribution in [0.2, 0.25) is 0 Å². The molecule has 2 aliphatic rings. The lowest BCUT2D eigenvalue weighted by molar-refractivity contribution is 0.0522. The lowest BCUT2D eigenvalue weighted by Crippen LogP contribution is -2.22. The molecule has 2 aliphatic heterocycles. The van der Waals surface area contributed by atoms with Gasteiger partial charge in [-0.25, -0.2) is 4.79 Å². The molecule has 0 amide bonds. The zero-order chi connectivity index (χ0) is 14.1. The Hall–Kier alpha value is -2.04. The van der Waals surface area contributed by atoms with Gasteiger partial charge in [0.25, 0.3) is 0 Å². The number of rotatable bonds is 3. The number of aromatic nitrogens is 2. The van der Waals surface area contributed by atoms with Crippen molar-refractivity contribution in [2.45, 2.75) is 32.4 Å². The van der Waals surface area contributed by atoms with E-state index in [9.17, 15) is 4.79 Å². The van der Waals surface area contributed by atoms with Crippen LogP contribution in [-0.2, 0) is 17.7 Å². The molecule has 0 N–H and O–H groups in total. The quantitative estimate of drug-likeness (QED) is 0.791. The molecule has 1 aromatic heterocycles. The zero-order valence-electron chi connectivity index (χ0n) is 11.9. The Morgan fingerprint density at radius 1 is 1.50 bits per heavy atom. The maximum Gasteiger partial charge on any atom is 0.342 e. The van der Waals surface area contributed by atoms with Crippen LogP contribution in [0.15, 0.2) is 24.4 Å². The lowest BCUT2D eigenvalue weighted by atomic mass is 10.0. The van der Waals surface area contributed by atoms with Crippen LogP contribution in [0.5, 0.6) is 0 Å². The fourth-order valence-corrected chi connectivity index (χ4v) is 2.85. The number of nitrogens with zero attached hydrogens (tertiary/aromatic N) is 3. The van der Waals surface area contributed by atoms with E-state index in [1.165, 1.54) is 0 Å². The molecule has 0 aliphatic carbocycles. The molecule has 0 saturated carbocycles. The number of allylic oxidation sites excluding steroid dienone is 2. The van der Waals surface area contributed by atoms with Crippen molar-refractivity contribution < 1.29 is 9.53 Å². The third kappa shape index (κ3) is 2.03. The van der Waals surface area contributed by atoms with E-state index in [1.807, 2.05) is 37.0 Å². The second-order valence-electron chi connectivity index (χ2n) is 5.09. The van der Waals surface area contributed by atoms with Gasteiger partial charge in [0.2, 0.25) is 0 Å². The molecule has 1 atom stereocenters. The summed E-state index contributed by atoms with van der Waals surface area (Å²) < 4.78 is 7.19. The van der Waals surface area contributed by atoms with Crippen LogP contribution in [0.4, 0.5) is 0 Å². The van der Waals surface area contributed by atoms with Crippen LogP contribution < -0.4 is 0 Å². The number of likely N-dealkylation sites (N-methyl/N-ethyl adjacent to an activating group) is 1. The average molecular weight is 273 g/mol. The van der Waals surface area contributed by atoms with Crippen molar-refractivity contribution in [1.29, 1.82) is 0 Å². The molecule has 0 saturated heterocycles. The molecular weight excluding hydrogens is 254 g/mol. The van der Waals surface area contributed by atoms with Crippen molar-refractivity contribution >= 4 is 5.97 Å². The van der Waals surface area contributed by atoms with Gasteiger partial charge in [0.1, 0.15) is 11.3 Å². The maximum atomic E-state index is 12.3. The molecule has 3 heterocycles. The molecule has 5 heteroatoms. The minimum atomic E-state index is -0.248. The van der Waals surface area contributed by atoms with Gasteiger partial charge >= 0.3 is 5.97 Å². The topological polar surface area (TPSA) is 47.4 Å². The number of ether oxygens (including phenoxy) is 1. The highest BCUT2D eigenvalue weighted by Crippen LogP contribution is 2.31. The Labute approximate surface area is 118 Å². The van der Waals surface area contributed by atoms with Gasteiger partial charge in [-0.2, -0.15) is 5.10 Å². The fraction of sp³-hybridized carbons (Fsp3) is 0.467. The van der Waals surface area contributed by atoms with Gasteiger partial charge in [-0.15, -0.1) is 0 Å². The normalized spacial score (nSPS) is 20.3. The molecule has 1 aromatic rings. The number of aryl methyl sites for hydroxylation is 1. The monoisotopic (exact) mass is 273 g/mol. The van der Waals surface area contributed by atoms with Crippen molar-refractivity contribution in [3.05, 3.63) is 41.4 Å². The highest BCUT2D eigenvalue weighted by atomic mass is 16.5. The summed E-state index contributed by atoms with van der Waals surface area (Å²) in [6.07, 6.45) is 9.96. The second kappa shape index (κ2) is 5.15. The summed E-state index contributed by atoms with van der Waals surface area (Å²) in [7, 11) is 1.99. The molecule has 106 valence electrons. The first-order valence-corrected chi connectivity index (χ1v) is 7.06. The van der Waals surface area contributed by atoms with Gasteiger partial charge in [-0.1, -0.05) is 12.2 Å². The highest BCUT2D eigenvalue weighted by Gasteiger charge is 2.31. The number of carbonyl (C=O) groups excluding carboxylic acids is 1. The van der Waals surface area contributed by atoms with Crippen LogP contribution in [0.1, 0.15) is 41.1 Å². The molecule has 5 nitrogen and oxygen atoms in total. The number of carbonyl (C=O) groups is 1. The summed E-state index contributed by atoms with van der Waals surface area (Å²) >= 11 is 0. The smallest absolute Gasteiger partial charge is 0.342 e. The first-order chi connectivity index (χ1) is 9.72. The summed E-state index contributed by atoms with van der Waals surface area (Å²) in [5.41, 5.74) is 2.50. The summed E-state index contributed by atoms with van der Waals surface area (Å²) in [5, 5.41) is 4.66. The van der Waals surface area contributed by atoms with E-state index in [1.54, 1.807) is 0 Å². The Balaban J connectivity index is 2.04. The van der Waals surface area contributed by atoms with Crippen molar-refractivity contribution in [2.24, 2.45) is 0 Å². The first kappa shape index (κ1) is 13.0. The Morgan fingerprint density at radius 3 is 3.10 bits per heavy atom. The summed E-state index contributed by atoms with van der Waals surface area (Å²) in [6.45, 7) is 3.10. The standard InChI is InChI=1S/C15H19N3O2/c1-3-20-15(19)13-11-8-6-10-18(11)16-14(13)12-7-4-5-9-17(12)2/h4-5,7,9,12H,3,6,8,10H2,1-2H3. The summed E-state index contributed by atoms with van der Waals surface area (Å²) in [5.74, 6) is -0.248. The molecule has 0 spiro atoms. The molecular formula is C15H19N3O2. The Morgan fingerprint density at radius 2 is 2.35 bits per heavy atom. The van der Waals surface area contributed by atoms with Crippen molar-refractivity contribution in [2.75, 3.05) is 13.7 Å². The van der Waals surface area contributed by atoms with Crippen LogP contribution in [-0.4, -0.2) is 34.3 Å². The van der Waals surface area contributed by atoms with Gasteiger partial charge < -0.3 is 9.64 Å². The predicted molar refractivity (Wildman–Crippen MR) is 75.3 cm³/mol. The maximum absolute atomic E-state index is 12.3. The minimum absolute atomic E-state index is 0.00231. The van der Waals surface area contributed by atoms with Gasteiger partial charge in [0.05, 0.1) is 18.3 Å². The molecule has 0 fully saturated rings. The molecule has 3 rings (SSSR count). The zero-order valence-corrected chi connectivity index (χ0v) is 11.9. The van der Waals surface area contributed by atoms with E-state index in [0.29, 0.717) is 12.2 Å². The van der Waals surface area contributed by atoms with Crippen LogP contribution in [0.25, 0.3) is 0 Å². The lowest BCUT2D eigenvalue weighted by Gasteiger charge is -2.25. The molecule has 0 bridgehead atoms. The van der Waals surface area contributed by atoms with E-state index < -0.39 is 0 Å². The number of esters is 1. The number of hydrogen-bond donors (Lipinski definition) is 0. The number of hydrogen-bond acceptors (Lipinski definition) is 4. The van der Waals surface area contributed by atoms with Gasteiger partial charge in [0.15, 0.2) is 0 Å². The van der Waals surface area contributed by atoms with E-state index in [-0.39, 0.29) is 12.0 Å². The predicted octanol–water partition coefficient (Wildman–Crippen LogP) is 2.06. The molecule has 1 unspecified atom stereocenters. The van der Waals surface area contributed by atoms with Crippen LogP contribution in [0, 0.1) is 0 Å². The van der Waals surface area contributed by atoms with Gasteiger partial charge in [0, 0.05) is 13.6 Å². The van der Waals surface area contributed by atoms with E-state index in [0.717, 1.165) is 30.8 Å². The van der Waals surface area contributed by atoms with Crippen molar-refractivity contribution in [1.82, 2.24) is 14.7 Å². The van der Waals surface area contributed by atoms with Crippen molar-refractivity contribution in [3.63, 3.8) is 0 Å². The SMILES string of the molecule is CCOC(=O)c1c(C2C=CC=CN2C)nn2c1CCC2. The third-order valence-electron chi connectivity index (χ3n) is 3.79. The Bertz CT molecular complexity index is 586. The Kier molecular flexibility index (Phi) is 3.34. The second-order valence-corrected chi connectivity index (χ2v) is 5.09. The van der Waals surface area contributed by atoms with Gasteiger partial charge in [-0.05, 0) is 32.0 Å². The van der Waals surface area contributed by atoms with E-state index >= 15 is 0 Å². The molecule has 0 radical (unpaired) electrons. The van der Waals surface area contributed by atoms with E-state index in [2.05, 4.69) is 16.1 Å². The average Bonchev–Trinajstić information content (AvgIpc) is 2.99. The molecule has 0 aromatic carbocycles. The first-order valence-electron chi connectivity index (χ1n) is 7.06.